The minimum Gasteiger partial charge on any atom is -0.306 e. The summed E-state index contributed by atoms with van der Waals surface area (Å²) in [6, 6.07) is 0.950. The third-order valence-electron chi connectivity index (χ3n) is 3.02. The number of thiazole rings is 1. The molecule has 0 aliphatic rings. The lowest BCUT2D eigenvalue weighted by Gasteiger charge is -2.24. The van der Waals surface area contributed by atoms with Crippen LogP contribution in [0.1, 0.15) is 57.8 Å². The Morgan fingerprint density at radius 2 is 2.00 bits per heavy atom. The lowest BCUT2D eigenvalue weighted by Crippen LogP contribution is -2.35. The Hall–Kier alpha value is -0.410. The van der Waals surface area contributed by atoms with E-state index in [1.807, 2.05) is 0 Å². The van der Waals surface area contributed by atoms with Gasteiger partial charge < -0.3 is 5.32 Å². The lowest BCUT2D eigenvalue weighted by atomic mass is 10.0. The molecule has 16 heavy (non-hydrogen) atoms. The van der Waals surface area contributed by atoms with Crippen molar-refractivity contribution in [3.63, 3.8) is 0 Å². The van der Waals surface area contributed by atoms with E-state index < -0.39 is 0 Å². The molecular weight excluding hydrogens is 216 g/mol. The van der Waals surface area contributed by atoms with Gasteiger partial charge in [0.05, 0.1) is 10.7 Å². The standard InChI is InChI=1S/C13H24N2S/c1-6-11(9(3)4)14-10(5)12-8-16-13(7-2)15-12/h8-11,14H,6-7H2,1-5H3. The Labute approximate surface area is 103 Å². The summed E-state index contributed by atoms with van der Waals surface area (Å²) in [6.45, 7) is 11.1. The molecule has 2 atom stereocenters. The Kier molecular flexibility index (Phi) is 5.42. The second-order valence-corrected chi connectivity index (χ2v) is 5.61. The van der Waals surface area contributed by atoms with Crippen LogP contribution in [0.4, 0.5) is 0 Å². The Morgan fingerprint density at radius 1 is 1.31 bits per heavy atom. The van der Waals surface area contributed by atoms with Crippen molar-refractivity contribution in [2.75, 3.05) is 0 Å². The van der Waals surface area contributed by atoms with E-state index in [9.17, 15) is 0 Å². The summed E-state index contributed by atoms with van der Waals surface area (Å²) in [5.74, 6) is 0.678. The van der Waals surface area contributed by atoms with E-state index in [4.69, 9.17) is 0 Å². The first-order chi connectivity index (χ1) is 7.58. The van der Waals surface area contributed by atoms with Crippen LogP contribution < -0.4 is 5.32 Å². The van der Waals surface area contributed by atoms with E-state index in [-0.39, 0.29) is 0 Å². The van der Waals surface area contributed by atoms with E-state index >= 15 is 0 Å². The molecule has 1 N–H and O–H groups in total. The highest BCUT2D eigenvalue weighted by molar-refractivity contribution is 7.09. The van der Waals surface area contributed by atoms with Crippen LogP contribution in [0.15, 0.2) is 5.38 Å². The van der Waals surface area contributed by atoms with Gasteiger partial charge in [0.1, 0.15) is 0 Å². The van der Waals surface area contributed by atoms with Gasteiger partial charge in [-0.2, -0.15) is 0 Å². The molecule has 0 spiro atoms. The fraction of sp³-hybridized carbons (Fsp3) is 0.769. The number of rotatable bonds is 6. The van der Waals surface area contributed by atoms with Crippen molar-refractivity contribution in [3.8, 4) is 0 Å². The van der Waals surface area contributed by atoms with Gasteiger partial charge in [-0.25, -0.2) is 4.98 Å². The number of hydrogen-bond donors (Lipinski definition) is 1. The zero-order valence-corrected chi connectivity index (χ0v) is 11.9. The molecular formula is C13H24N2S. The molecule has 1 aromatic rings. The fourth-order valence-corrected chi connectivity index (χ4v) is 2.71. The molecule has 0 amide bonds. The van der Waals surface area contributed by atoms with E-state index in [1.54, 1.807) is 11.3 Å². The molecule has 0 aliphatic heterocycles. The summed E-state index contributed by atoms with van der Waals surface area (Å²) < 4.78 is 0. The smallest absolute Gasteiger partial charge is 0.0926 e. The van der Waals surface area contributed by atoms with Crippen molar-refractivity contribution < 1.29 is 0 Å². The molecule has 0 aliphatic carbocycles. The molecule has 2 nitrogen and oxygen atoms in total. The van der Waals surface area contributed by atoms with Gasteiger partial charge in [0.2, 0.25) is 0 Å². The number of nitrogens with zero attached hydrogens (tertiary/aromatic N) is 1. The average Bonchev–Trinajstić information content (AvgIpc) is 2.73. The minimum absolute atomic E-state index is 0.365. The van der Waals surface area contributed by atoms with Gasteiger partial charge in [-0.05, 0) is 25.7 Å². The maximum atomic E-state index is 4.63. The topological polar surface area (TPSA) is 24.9 Å². The maximum Gasteiger partial charge on any atom is 0.0926 e. The van der Waals surface area contributed by atoms with E-state index in [0.29, 0.717) is 18.0 Å². The van der Waals surface area contributed by atoms with Crippen molar-refractivity contribution in [1.82, 2.24) is 10.3 Å². The molecule has 1 aromatic heterocycles. The minimum atomic E-state index is 0.365. The van der Waals surface area contributed by atoms with Gasteiger partial charge in [0.25, 0.3) is 0 Å². The molecule has 0 saturated heterocycles. The van der Waals surface area contributed by atoms with Crippen LogP contribution in [0.25, 0.3) is 0 Å². The highest BCUT2D eigenvalue weighted by atomic mass is 32.1. The number of aromatic nitrogens is 1. The maximum absolute atomic E-state index is 4.63. The lowest BCUT2D eigenvalue weighted by molar-refractivity contribution is 0.353. The van der Waals surface area contributed by atoms with Crippen molar-refractivity contribution in [2.45, 2.75) is 59.5 Å². The van der Waals surface area contributed by atoms with Crippen LogP contribution in [0.3, 0.4) is 0 Å². The quantitative estimate of drug-likeness (QED) is 0.818. The molecule has 1 heterocycles. The van der Waals surface area contributed by atoms with Gasteiger partial charge in [-0.15, -0.1) is 11.3 Å². The predicted molar refractivity (Wildman–Crippen MR) is 72.0 cm³/mol. The predicted octanol–water partition coefficient (Wildman–Crippen LogP) is 3.79. The highest BCUT2D eigenvalue weighted by Crippen LogP contribution is 2.19. The number of hydrogen-bond acceptors (Lipinski definition) is 3. The summed E-state index contributed by atoms with van der Waals surface area (Å²) in [5.41, 5.74) is 1.20. The van der Waals surface area contributed by atoms with Crippen LogP contribution in [0, 0.1) is 5.92 Å². The largest absolute Gasteiger partial charge is 0.306 e. The molecule has 1 rings (SSSR count). The fourth-order valence-electron chi connectivity index (χ4n) is 1.87. The first-order valence-corrected chi connectivity index (χ1v) is 7.16. The van der Waals surface area contributed by atoms with Gasteiger partial charge >= 0.3 is 0 Å². The van der Waals surface area contributed by atoms with Gasteiger partial charge in [0, 0.05) is 17.5 Å². The third kappa shape index (κ3) is 3.56. The van der Waals surface area contributed by atoms with Gasteiger partial charge in [-0.1, -0.05) is 27.7 Å². The second-order valence-electron chi connectivity index (χ2n) is 4.67. The van der Waals surface area contributed by atoms with Crippen LogP contribution in [0.2, 0.25) is 0 Å². The van der Waals surface area contributed by atoms with Crippen LogP contribution in [-0.4, -0.2) is 11.0 Å². The summed E-state index contributed by atoms with van der Waals surface area (Å²) in [4.78, 5) is 4.63. The van der Waals surface area contributed by atoms with Crippen LogP contribution in [0.5, 0.6) is 0 Å². The SMILES string of the molecule is CCc1nc(C(C)NC(CC)C(C)C)cs1. The number of aryl methyl sites for hydroxylation is 1. The zero-order valence-electron chi connectivity index (χ0n) is 11.1. The summed E-state index contributed by atoms with van der Waals surface area (Å²) in [5, 5.41) is 7.09. The molecule has 3 heteroatoms. The van der Waals surface area contributed by atoms with Crippen LogP contribution >= 0.6 is 11.3 Å². The summed E-state index contributed by atoms with van der Waals surface area (Å²) in [7, 11) is 0. The molecule has 92 valence electrons. The molecule has 0 saturated carbocycles. The Balaban J connectivity index is 2.60. The van der Waals surface area contributed by atoms with Crippen molar-refractivity contribution in [2.24, 2.45) is 5.92 Å². The first-order valence-electron chi connectivity index (χ1n) is 6.28. The number of nitrogens with one attached hydrogen (secondary N) is 1. The second kappa shape index (κ2) is 6.36. The van der Waals surface area contributed by atoms with E-state index in [1.165, 1.54) is 17.1 Å². The van der Waals surface area contributed by atoms with Gasteiger partial charge in [0.15, 0.2) is 0 Å². The molecule has 2 unspecified atom stereocenters. The molecule has 0 aromatic carbocycles. The van der Waals surface area contributed by atoms with Crippen molar-refractivity contribution in [1.29, 1.82) is 0 Å². The van der Waals surface area contributed by atoms with Crippen molar-refractivity contribution >= 4 is 11.3 Å². The first kappa shape index (κ1) is 13.7. The van der Waals surface area contributed by atoms with E-state index in [2.05, 4.69) is 50.3 Å². The van der Waals surface area contributed by atoms with E-state index in [0.717, 1.165) is 6.42 Å². The summed E-state index contributed by atoms with van der Waals surface area (Å²) >= 11 is 1.77. The monoisotopic (exact) mass is 240 g/mol. The third-order valence-corrected chi connectivity index (χ3v) is 4.04. The normalized spacial score (nSPS) is 15.4. The molecule has 0 radical (unpaired) electrons. The molecule has 0 fully saturated rings. The Bertz CT molecular complexity index is 307. The van der Waals surface area contributed by atoms with Crippen LogP contribution in [-0.2, 0) is 6.42 Å². The molecule has 0 bridgehead atoms. The average molecular weight is 240 g/mol. The zero-order chi connectivity index (χ0) is 12.1. The highest BCUT2D eigenvalue weighted by Gasteiger charge is 2.16. The summed E-state index contributed by atoms with van der Waals surface area (Å²) in [6.07, 6.45) is 2.21. The Morgan fingerprint density at radius 3 is 2.44 bits per heavy atom. The van der Waals surface area contributed by atoms with Crippen molar-refractivity contribution in [3.05, 3.63) is 16.1 Å². The van der Waals surface area contributed by atoms with Gasteiger partial charge in [-0.3, -0.25) is 0 Å².